The van der Waals surface area contributed by atoms with E-state index in [1.807, 2.05) is 6.07 Å². The average Bonchev–Trinajstić information content (AvgIpc) is 2.27. The summed E-state index contributed by atoms with van der Waals surface area (Å²) in [6.45, 7) is 9.20. The van der Waals surface area contributed by atoms with Crippen molar-refractivity contribution in [2.24, 2.45) is 0 Å². The molecule has 3 heteroatoms. The fraction of sp³-hybridized carbons (Fsp3) is 0.600. The van der Waals surface area contributed by atoms with Gasteiger partial charge in [0.25, 0.3) is 0 Å². The van der Waals surface area contributed by atoms with Crippen LogP contribution in [0.4, 0.5) is 4.39 Å². The van der Waals surface area contributed by atoms with E-state index in [1.165, 1.54) is 6.07 Å². The van der Waals surface area contributed by atoms with Crippen LogP contribution in [0.5, 0.6) is 0 Å². The van der Waals surface area contributed by atoms with Gasteiger partial charge in [-0.05, 0) is 38.0 Å². The van der Waals surface area contributed by atoms with Gasteiger partial charge < -0.3 is 10.4 Å². The zero-order valence-corrected chi connectivity index (χ0v) is 11.8. The molecule has 0 aliphatic carbocycles. The van der Waals surface area contributed by atoms with Crippen LogP contribution in [-0.2, 0) is 5.41 Å². The first-order valence-electron chi connectivity index (χ1n) is 6.39. The summed E-state index contributed by atoms with van der Waals surface area (Å²) in [7, 11) is 0. The molecule has 0 saturated heterocycles. The van der Waals surface area contributed by atoms with Crippen LogP contribution in [0.3, 0.4) is 0 Å². The number of rotatable bonds is 6. The largest absolute Gasteiger partial charge is 0.396 e. The molecule has 0 aromatic heterocycles. The van der Waals surface area contributed by atoms with E-state index in [-0.39, 0.29) is 23.4 Å². The second-order valence-corrected chi connectivity index (χ2v) is 6.11. The van der Waals surface area contributed by atoms with Crippen molar-refractivity contribution in [3.8, 4) is 0 Å². The summed E-state index contributed by atoms with van der Waals surface area (Å²) in [5, 5.41) is 12.4. The highest BCUT2D eigenvalue weighted by molar-refractivity contribution is 5.25. The molecule has 1 aromatic carbocycles. The number of halogens is 1. The number of aliphatic hydroxyl groups excluding tert-OH is 1. The fourth-order valence-electron chi connectivity index (χ4n) is 1.84. The highest BCUT2D eigenvalue weighted by Gasteiger charge is 2.25. The minimum atomic E-state index is -0.199. The van der Waals surface area contributed by atoms with Crippen molar-refractivity contribution in [1.29, 1.82) is 0 Å². The van der Waals surface area contributed by atoms with E-state index in [1.54, 1.807) is 12.1 Å². The molecule has 1 rings (SSSR count). The van der Waals surface area contributed by atoms with Gasteiger partial charge >= 0.3 is 0 Å². The zero-order chi connectivity index (χ0) is 13.8. The van der Waals surface area contributed by atoms with Gasteiger partial charge in [-0.3, -0.25) is 0 Å². The molecule has 0 atom stereocenters. The summed E-state index contributed by atoms with van der Waals surface area (Å²) in [6.07, 6.45) is 0.701. The molecule has 0 aliphatic rings. The van der Waals surface area contributed by atoms with Gasteiger partial charge in [-0.15, -0.1) is 0 Å². The molecule has 18 heavy (non-hydrogen) atoms. The predicted molar refractivity (Wildman–Crippen MR) is 73.2 cm³/mol. The Balaban J connectivity index is 2.70. The topological polar surface area (TPSA) is 32.3 Å². The first kappa shape index (κ1) is 15.1. The summed E-state index contributed by atoms with van der Waals surface area (Å²) in [4.78, 5) is 0. The third-order valence-electron chi connectivity index (χ3n) is 3.35. The summed E-state index contributed by atoms with van der Waals surface area (Å²) in [6, 6.07) is 6.73. The molecule has 0 saturated carbocycles. The Morgan fingerprint density at radius 3 is 2.44 bits per heavy atom. The molecule has 2 N–H and O–H groups in total. The Morgan fingerprint density at radius 2 is 1.89 bits per heavy atom. The third kappa shape index (κ3) is 4.39. The van der Waals surface area contributed by atoms with Crippen molar-refractivity contribution in [3.05, 3.63) is 35.6 Å². The zero-order valence-electron chi connectivity index (χ0n) is 11.8. The third-order valence-corrected chi connectivity index (χ3v) is 3.35. The highest BCUT2D eigenvalue weighted by atomic mass is 19.1. The Morgan fingerprint density at radius 1 is 1.22 bits per heavy atom. The monoisotopic (exact) mass is 253 g/mol. The van der Waals surface area contributed by atoms with Crippen LogP contribution in [0.1, 0.15) is 39.7 Å². The van der Waals surface area contributed by atoms with Crippen LogP contribution in [0, 0.1) is 5.82 Å². The first-order valence-corrected chi connectivity index (χ1v) is 6.39. The van der Waals surface area contributed by atoms with Gasteiger partial charge in [0.05, 0.1) is 0 Å². The maximum absolute atomic E-state index is 13.2. The molecular weight excluding hydrogens is 229 g/mol. The van der Waals surface area contributed by atoms with Crippen molar-refractivity contribution in [2.45, 2.75) is 45.1 Å². The van der Waals surface area contributed by atoms with Gasteiger partial charge in [0.1, 0.15) is 5.82 Å². The Labute approximate surface area is 109 Å². The number of hydrogen-bond donors (Lipinski definition) is 2. The Kier molecular flexibility index (Phi) is 4.88. The lowest BCUT2D eigenvalue weighted by atomic mass is 9.83. The van der Waals surface area contributed by atoms with E-state index in [0.717, 1.165) is 12.1 Å². The molecule has 0 spiro atoms. The summed E-state index contributed by atoms with van der Waals surface area (Å²) in [5.74, 6) is -0.199. The van der Waals surface area contributed by atoms with Crippen molar-refractivity contribution in [1.82, 2.24) is 5.32 Å². The molecule has 1 aromatic rings. The van der Waals surface area contributed by atoms with Gasteiger partial charge in [-0.2, -0.15) is 0 Å². The molecule has 0 heterocycles. The second-order valence-electron chi connectivity index (χ2n) is 6.11. The lowest BCUT2D eigenvalue weighted by Crippen LogP contribution is -2.46. The van der Waals surface area contributed by atoms with Crippen LogP contribution in [0.25, 0.3) is 0 Å². The standard InChI is InChI=1S/C15H24FNO/c1-14(2,11-17-15(3,4)8-9-18)12-6-5-7-13(16)10-12/h5-7,10,17-18H,8-9,11H2,1-4H3. The number of benzene rings is 1. The van der Waals surface area contributed by atoms with Gasteiger partial charge in [0.2, 0.25) is 0 Å². The smallest absolute Gasteiger partial charge is 0.123 e. The highest BCUT2D eigenvalue weighted by Crippen LogP contribution is 2.24. The van der Waals surface area contributed by atoms with Gasteiger partial charge in [0.15, 0.2) is 0 Å². The van der Waals surface area contributed by atoms with Crippen molar-refractivity contribution in [3.63, 3.8) is 0 Å². The van der Waals surface area contributed by atoms with Crippen LogP contribution in [-0.4, -0.2) is 23.8 Å². The lowest BCUT2D eigenvalue weighted by Gasteiger charge is -2.33. The minimum absolute atomic E-state index is 0.112. The second kappa shape index (κ2) is 5.81. The van der Waals surface area contributed by atoms with Crippen LogP contribution in [0.15, 0.2) is 24.3 Å². The molecule has 0 bridgehead atoms. The quantitative estimate of drug-likeness (QED) is 0.817. The van der Waals surface area contributed by atoms with Crippen molar-refractivity contribution >= 4 is 0 Å². The maximum Gasteiger partial charge on any atom is 0.123 e. The summed E-state index contributed by atoms with van der Waals surface area (Å²) >= 11 is 0. The maximum atomic E-state index is 13.2. The molecule has 0 fully saturated rings. The van der Waals surface area contributed by atoms with Crippen LogP contribution in [0.2, 0.25) is 0 Å². The molecule has 2 nitrogen and oxygen atoms in total. The number of aliphatic hydroxyl groups is 1. The van der Waals surface area contributed by atoms with E-state index < -0.39 is 0 Å². The molecule has 0 aliphatic heterocycles. The van der Waals surface area contributed by atoms with Crippen molar-refractivity contribution in [2.75, 3.05) is 13.2 Å². The number of nitrogens with one attached hydrogen (secondary N) is 1. The molecule has 0 amide bonds. The fourth-order valence-corrected chi connectivity index (χ4v) is 1.84. The Bertz CT molecular complexity index is 388. The SMILES string of the molecule is CC(C)(CCO)NCC(C)(C)c1cccc(F)c1. The first-order chi connectivity index (χ1) is 8.27. The van der Waals surface area contributed by atoms with Crippen molar-refractivity contribution < 1.29 is 9.50 Å². The molecule has 102 valence electrons. The summed E-state index contributed by atoms with van der Waals surface area (Å²) in [5.41, 5.74) is 0.726. The molecule has 0 radical (unpaired) electrons. The van der Waals surface area contributed by atoms with E-state index in [2.05, 4.69) is 33.0 Å². The number of hydrogen-bond acceptors (Lipinski definition) is 2. The normalized spacial score (nSPS) is 12.8. The van der Waals surface area contributed by atoms with Gasteiger partial charge in [0, 0.05) is 24.1 Å². The van der Waals surface area contributed by atoms with E-state index in [9.17, 15) is 4.39 Å². The van der Waals surface area contributed by atoms with E-state index in [4.69, 9.17) is 5.11 Å². The van der Waals surface area contributed by atoms with E-state index >= 15 is 0 Å². The van der Waals surface area contributed by atoms with Gasteiger partial charge in [-0.1, -0.05) is 26.0 Å². The summed E-state index contributed by atoms with van der Waals surface area (Å²) < 4.78 is 13.2. The molecule has 0 unspecified atom stereocenters. The lowest BCUT2D eigenvalue weighted by molar-refractivity contribution is 0.223. The van der Waals surface area contributed by atoms with Crippen LogP contribution < -0.4 is 5.32 Å². The minimum Gasteiger partial charge on any atom is -0.396 e. The van der Waals surface area contributed by atoms with E-state index in [0.29, 0.717) is 6.42 Å². The van der Waals surface area contributed by atoms with Gasteiger partial charge in [-0.25, -0.2) is 4.39 Å². The van der Waals surface area contributed by atoms with Crippen LogP contribution >= 0.6 is 0 Å². The average molecular weight is 253 g/mol. The Hall–Kier alpha value is -0.930. The molecular formula is C15H24FNO. The predicted octanol–water partition coefficient (Wildman–Crippen LogP) is 2.85.